The highest BCUT2D eigenvalue weighted by atomic mass is 35.5. The Bertz CT molecular complexity index is 585. The number of halogens is 2. The number of thiophene rings is 1. The molecule has 6 heteroatoms. The van der Waals surface area contributed by atoms with E-state index in [-0.39, 0.29) is 4.88 Å². The Balaban J connectivity index is 2.06. The van der Waals surface area contributed by atoms with Crippen molar-refractivity contribution >= 4 is 34.6 Å². The van der Waals surface area contributed by atoms with Crippen molar-refractivity contribution in [2.24, 2.45) is 0 Å². The van der Waals surface area contributed by atoms with Gasteiger partial charge in [-0.05, 0) is 30.3 Å². The summed E-state index contributed by atoms with van der Waals surface area (Å²) in [4.78, 5) is 11.8. The third-order valence-corrected chi connectivity index (χ3v) is 3.56. The molecule has 2 aromatic rings. The van der Waals surface area contributed by atoms with Crippen molar-refractivity contribution in [1.29, 1.82) is 0 Å². The quantitative estimate of drug-likeness (QED) is 0.897. The summed E-state index contributed by atoms with van der Waals surface area (Å²) in [6.45, 7) is 0.356. The molecule has 0 fully saturated rings. The van der Waals surface area contributed by atoms with Crippen LogP contribution in [0.3, 0.4) is 0 Å². The van der Waals surface area contributed by atoms with E-state index in [0.717, 1.165) is 16.2 Å². The van der Waals surface area contributed by atoms with Crippen LogP contribution in [0, 0.1) is 5.82 Å². The summed E-state index contributed by atoms with van der Waals surface area (Å²) < 4.78 is 13.4. The molecule has 0 spiro atoms. The molecule has 1 aromatic heterocycles. The number of anilines is 1. The summed E-state index contributed by atoms with van der Waals surface area (Å²) in [7, 11) is 0. The summed E-state index contributed by atoms with van der Waals surface area (Å²) in [5, 5.41) is 12.1. The third kappa shape index (κ3) is 3.00. The van der Waals surface area contributed by atoms with E-state index in [9.17, 15) is 9.18 Å². The van der Waals surface area contributed by atoms with Crippen LogP contribution in [0.5, 0.6) is 0 Å². The first-order chi connectivity index (χ1) is 8.56. The highest BCUT2D eigenvalue weighted by molar-refractivity contribution is 7.13. The van der Waals surface area contributed by atoms with E-state index in [1.54, 1.807) is 6.07 Å². The van der Waals surface area contributed by atoms with Gasteiger partial charge in [-0.3, -0.25) is 0 Å². The standard InChI is InChI=1S/C12H9ClFNO2S/c13-7-1-3-9(14)10(5-7)15-6-8-2-4-11(18-8)12(16)17/h1-5,15H,6H2,(H,16,17). The van der Waals surface area contributed by atoms with Gasteiger partial charge < -0.3 is 10.4 Å². The smallest absolute Gasteiger partial charge is 0.345 e. The lowest BCUT2D eigenvalue weighted by Crippen LogP contribution is -1.99. The molecule has 0 aliphatic carbocycles. The first-order valence-electron chi connectivity index (χ1n) is 5.07. The molecule has 2 N–H and O–H groups in total. The van der Waals surface area contributed by atoms with Crippen LogP contribution >= 0.6 is 22.9 Å². The van der Waals surface area contributed by atoms with Crippen LogP contribution in [0.2, 0.25) is 5.02 Å². The Labute approximate surface area is 112 Å². The fourth-order valence-electron chi connectivity index (χ4n) is 1.40. The van der Waals surface area contributed by atoms with Crippen LogP contribution in [-0.4, -0.2) is 11.1 Å². The van der Waals surface area contributed by atoms with Gasteiger partial charge in [0, 0.05) is 16.4 Å². The maximum absolute atomic E-state index is 13.4. The minimum absolute atomic E-state index is 0.262. The molecular weight excluding hydrogens is 277 g/mol. The van der Waals surface area contributed by atoms with Gasteiger partial charge in [-0.1, -0.05) is 11.6 Å². The number of carboxylic acid groups (broad SMARTS) is 1. The van der Waals surface area contributed by atoms with E-state index >= 15 is 0 Å². The third-order valence-electron chi connectivity index (χ3n) is 2.25. The van der Waals surface area contributed by atoms with Crippen LogP contribution in [0.4, 0.5) is 10.1 Å². The Morgan fingerprint density at radius 3 is 2.83 bits per heavy atom. The molecule has 0 bridgehead atoms. The predicted molar refractivity (Wildman–Crippen MR) is 70.0 cm³/mol. The van der Waals surface area contributed by atoms with Gasteiger partial charge in [0.2, 0.25) is 0 Å². The molecule has 0 atom stereocenters. The zero-order valence-corrected chi connectivity index (χ0v) is 10.7. The van der Waals surface area contributed by atoms with E-state index < -0.39 is 11.8 Å². The number of hydrogen-bond donors (Lipinski definition) is 2. The molecular formula is C12H9ClFNO2S. The zero-order chi connectivity index (χ0) is 13.1. The Morgan fingerprint density at radius 2 is 2.17 bits per heavy atom. The molecule has 94 valence electrons. The summed E-state index contributed by atoms with van der Waals surface area (Å²) >= 11 is 6.92. The van der Waals surface area contributed by atoms with Crippen molar-refractivity contribution in [2.45, 2.75) is 6.54 Å². The first kappa shape index (κ1) is 12.9. The van der Waals surface area contributed by atoms with Crippen LogP contribution in [-0.2, 0) is 6.54 Å². The molecule has 18 heavy (non-hydrogen) atoms. The molecule has 0 amide bonds. The highest BCUT2D eigenvalue weighted by Crippen LogP contribution is 2.22. The fourth-order valence-corrected chi connectivity index (χ4v) is 2.36. The predicted octanol–water partition coefficient (Wildman–Crippen LogP) is 3.85. The van der Waals surface area contributed by atoms with Gasteiger partial charge in [0.1, 0.15) is 10.7 Å². The van der Waals surface area contributed by atoms with E-state index in [0.29, 0.717) is 17.3 Å². The monoisotopic (exact) mass is 285 g/mol. The Morgan fingerprint density at radius 1 is 1.39 bits per heavy atom. The summed E-state index contributed by atoms with van der Waals surface area (Å²) in [5.74, 6) is -1.35. The average molecular weight is 286 g/mol. The zero-order valence-electron chi connectivity index (χ0n) is 9.11. The molecule has 2 rings (SSSR count). The second kappa shape index (κ2) is 5.37. The normalized spacial score (nSPS) is 10.3. The van der Waals surface area contributed by atoms with Gasteiger partial charge in [0.25, 0.3) is 0 Å². The highest BCUT2D eigenvalue weighted by Gasteiger charge is 2.07. The van der Waals surface area contributed by atoms with Crippen LogP contribution < -0.4 is 5.32 Å². The van der Waals surface area contributed by atoms with Crippen LogP contribution in [0.15, 0.2) is 30.3 Å². The summed E-state index contributed by atoms with van der Waals surface area (Å²) in [6, 6.07) is 7.46. The lowest BCUT2D eigenvalue weighted by Gasteiger charge is -2.06. The minimum Gasteiger partial charge on any atom is -0.477 e. The molecule has 0 saturated carbocycles. The van der Waals surface area contributed by atoms with Crippen LogP contribution in [0.25, 0.3) is 0 Å². The van der Waals surface area contributed by atoms with Crippen molar-refractivity contribution in [3.63, 3.8) is 0 Å². The largest absolute Gasteiger partial charge is 0.477 e. The molecule has 0 aliphatic rings. The van der Waals surface area contributed by atoms with Crippen molar-refractivity contribution in [2.75, 3.05) is 5.32 Å². The first-order valence-corrected chi connectivity index (χ1v) is 6.26. The van der Waals surface area contributed by atoms with Gasteiger partial charge in [0.05, 0.1) is 5.69 Å². The average Bonchev–Trinajstić information content (AvgIpc) is 2.79. The van der Waals surface area contributed by atoms with E-state index in [2.05, 4.69) is 5.32 Å². The SMILES string of the molecule is O=C(O)c1ccc(CNc2cc(Cl)ccc2F)s1. The molecule has 0 aliphatic heterocycles. The summed E-state index contributed by atoms with van der Waals surface area (Å²) in [6.07, 6.45) is 0. The Kier molecular flexibility index (Phi) is 3.84. The maximum Gasteiger partial charge on any atom is 0.345 e. The van der Waals surface area contributed by atoms with Crippen molar-refractivity contribution in [3.8, 4) is 0 Å². The Hall–Kier alpha value is -1.59. The van der Waals surface area contributed by atoms with Gasteiger partial charge in [-0.2, -0.15) is 0 Å². The van der Waals surface area contributed by atoms with Crippen molar-refractivity contribution in [1.82, 2.24) is 0 Å². The number of nitrogens with one attached hydrogen (secondary N) is 1. The number of carboxylic acids is 1. The minimum atomic E-state index is -0.958. The summed E-state index contributed by atoms with van der Waals surface area (Å²) in [5.41, 5.74) is 0.299. The maximum atomic E-state index is 13.4. The van der Waals surface area contributed by atoms with E-state index in [1.165, 1.54) is 24.3 Å². The number of aromatic carboxylic acids is 1. The molecule has 0 unspecified atom stereocenters. The molecule has 0 radical (unpaired) electrons. The van der Waals surface area contributed by atoms with Gasteiger partial charge in [-0.25, -0.2) is 9.18 Å². The topological polar surface area (TPSA) is 49.3 Å². The molecule has 3 nitrogen and oxygen atoms in total. The number of carbonyl (C=O) groups is 1. The van der Waals surface area contributed by atoms with Gasteiger partial charge >= 0.3 is 5.97 Å². The lowest BCUT2D eigenvalue weighted by molar-refractivity contribution is 0.0702. The molecule has 0 saturated heterocycles. The molecule has 1 heterocycles. The van der Waals surface area contributed by atoms with Crippen molar-refractivity contribution < 1.29 is 14.3 Å². The number of benzene rings is 1. The van der Waals surface area contributed by atoms with Gasteiger partial charge in [0.15, 0.2) is 0 Å². The molecule has 1 aromatic carbocycles. The lowest BCUT2D eigenvalue weighted by atomic mass is 10.3. The number of rotatable bonds is 4. The van der Waals surface area contributed by atoms with Gasteiger partial charge in [-0.15, -0.1) is 11.3 Å². The van der Waals surface area contributed by atoms with Crippen molar-refractivity contribution in [3.05, 3.63) is 50.9 Å². The second-order valence-corrected chi connectivity index (χ2v) is 5.15. The number of hydrogen-bond acceptors (Lipinski definition) is 3. The van der Waals surface area contributed by atoms with Crippen LogP contribution in [0.1, 0.15) is 14.5 Å². The van der Waals surface area contributed by atoms with E-state index in [1.807, 2.05) is 0 Å². The fraction of sp³-hybridized carbons (Fsp3) is 0.0833. The second-order valence-electron chi connectivity index (χ2n) is 3.55. The van der Waals surface area contributed by atoms with E-state index in [4.69, 9.17) is 16.7 Å².